The summed E-state index contributed by atoms with van der Waals surface area (Å²) in [5.41, 5.74) is 6.53. The second-order valence-corrected chi connectivity index (χ2v) is 5.52. The monoisotopic (exact) mass is 350 g/mol. The molecule has 1 atom stereocenters. The number of carbonyl (C=O) groups is 1. The van der Waals surface area contributed by atoms with E-state index in [4.69, 9.17) is 5.73 Å². The number of halogens is 3. The maximum atomic E-state index is 13.3. The van der Waals surface area contributed by atoms with Crippen LogP contribution in [0.4, 0.5) is 4.39 Å². The van der Waals surface area contributed by atoms with Gasteiger partial charge in [0.25, 0.3) is 0 Å². The average molecular weight is 352 g/mol. The van der Waals surface area contributed by atoms with E-state index in [1.807, 2.05) is 0 Å². The van der Waals surface area contributed by atoms with Crippen molar-refractivity contribution >= 4 is 34.2 Å². The van der Waals surface area contributed by atoms with E-state index < -0.39 is 0 Å². The quantitative estimate of drug-likeness (QED) is 0.890. The predicted molar refractivity (Wildman–Crippen MR) is 78.8 cm³/mol. The third-order valence-corrected chi connectivity index (χ3v) is 3.79. The Morgan fingerprint density at radius 2 is 2.26 bits per heavy atom. The molecule has 2 rings (SSSR count). The number of benzene rings is 1. The van der Waals surface area contributed by atoms with Gasteiger partial charge in [0.2, 0.25) is 5.91 Å². The lowest BCUT2D eigenvalue weighted by Gasteiger charge is -2.30. The number of likely N-dealkylation sites (tertiary alicyclic amines) is 1. The van der Waals surface area contributed by atoms with Crippen molar-refractivity contribution in [3.05, 3.63) is 34.1 Å². The number of rotatable bonds is 2. The highest BCUT2D eigenvalue weighted by Crippen LogP contribution is 2.17. The number of carbonyl (C=O) groups excluding carboxylic acids is 1. The molecule has 1 fully saturated rings. The van der Waals surface area contributed by atoms with Crippen LogP contribution in [0, 0.1) is 5.82 Å². The Balaban J connectivity index is 0.00000180. The summed E-state index contributed by atoms with van der Waals surface area (Å²) in [5, 5.41) is 0. The van der Waals surface area contributed by atoms with Crippen LogP contribution in [0.1, 0.15) is 18.4 Å². The minimum atomic E-state index is -0.337. The Hall–Kier alpha value is -0.650. The maximum absolute atomic E-state index is 13.3. The molecule has 0 unspecified atom stereocenters. The molecule has 1 amide bonds. The molecule has 6 heteroatoms. The second kappa shape index (κ2) is 7.22. The lowest BCUT2D eigenvalue weighted by Crippen LogP contribution is -2.46. The van der Waals surface area contributed by atoms with Crippen molar-refractivity contribution in [2.45, 2.75) is 25.3 Å². The van der Waals surface area contributed by atoms with E-state index in [9.17, 15) is 9.18 Å². The van der Waals surface area contributed by atoms with Crippen LogP contribution in [0.25, 0.3) is 0 Å². The standard InChI is InChI=1S/C13H16BrFN2O.ClH/c14-11-4-3-9(6-12(11)15)7-13(18)17-5-1-2-10(16)8-17;/h3-4,6,10H,1-2,5,7-8,16H2;1H/t10-;/m0./s1. The lowest BCUT2D eigenvalue weighted by atomic mass is 10.1. The summed E-state index contributed by atoms with van der Waals surface area (Å²) in [6.07, 6.45) is 2.15. The van der Waals surface area contributed by atoms with Gasteiger partial charge in [0.15, 0.2) is 0 Å². The van der Waals surface area contributed by atoms with Crippen molar-refractivity contribution in [1.29, 1.82) is 0 Å². The number of amides is 1. The summed E-state index contributed by atoms with van der Waals surface area (Å²) in [7, 11) is 0. The molecule has 106 valence electrons. The van der Waals surface area contributed by atoms with Gasteiger partial charge in [-0.15, -0.1) is 12.4 Å². The minimum absolute atomic E-state index is 0. The molecule has 1 aromatic carbocycles. The van der Waals surface area contributed by atoms with Crippen molar-refractivity contribution in [3.63, 3.8) is 0 Å². The van der Waals surface area contributed by atoms with Crippen molar-refractivity contribution in [3.8, 4) is 0 Å². The van der Waals surface area contributed by atoms with Gasteiger partial charge in [0.1, 0.15) is 5.82 Å². The van der Waals surface area contributed by atoms with E-state index in [-0.39, 0.29) is 36.6 Å². The topological polar surface area (TPSA) is 46.3 Å². The van der Waals surface area contributed by atoms with Gasteiger partial charge in [0, 0.05) is 19.1 Å². The summed E-state index contributed by atoms with van der Waals surface area (Å²) >= 11 is 3.09. The van der Waals surface area contributed by atoms with Crippen LogP contribution in [0.2, 0.25) is 0 Å². The van der Waals surface area contributed by atoms with E-state index in [1.165, 1.54) is 6.07 Å². The number of nitrogens with zero attached hydrogens (tertiary/aromatic N) is 1. The fourth-order valence-corrected chi connectivity index (χ4v) is 2.42. The van der Waals surface area contributed by atoms with Crippen molar-refractivity contribution < 1.29 is 9.18 Å². The van der Waals surface area contributed by atoms with Gasteiger partial charge in [-0.25, -0.2) is 4.39 Å². The fourth-order valence-electron chi connectivity index (χ4n) is 2.17. The van der Waals surface area contributed by atoms with Gasteiger partial charge in [-0.3, -0.25) is 4.79 Å². The predicted octanol–water partition coefficient (Wildman–Crippen LogP) is 2.50. The first-order valence-corrected chi connectivity index (χ1v) is 6.83. The zero-order chi connectivity index (χ0) is 13.1. The molecule has 0 aromatic heterocycles. The third-order valence-electron chi connectivity index (χ3n) is 3.15. The Kier molecular flexibility index (Phi) is 6.23. The highest BCUT2D eigenvalue weighted by Gasteiger charge is 2.21. The van der Waals surface area contributed by atoms with Crippen LogP contribution >= 0.6 is 28.3 Å². The Labute approximate surface area is 126 Å². The molecule has 19 heavy (non-hydrogen) atoms. The number of hydrogen-bond donors (Lipinski definition) is 1. The van der Waals surface area contributed by atoms with Crippen LogP contribution in [0.5, 0.6) is 0 Å². The van der Waals surface area contributed by atoms with Gasteiger partial charge in [-0.05, 0) is 46.5 Å². The smallest absolute Gasteiger partial charge is 0.227 e. The molecule has 0 spiro atoms. The van der Waals surface area contributed by atoms with E-state index >= 15 is 0 Å². The lowest BCUT2D eigenvalue weighted by molar-refractivity contribution is -0.131. The molecular formula is C13H17BrClFN2O. The van der Waals surface area contributed by atoms with Crippen LogP contribution in [0.15, 0.2) is 22.7 Å². The zero-order valence-electron chi connectivity index (χ0n) is 10.4. The summed E-state index contributed by atoms with van der Waals surface area (Å²) in [4.78, 5) is 13.8. The molecular weight excluding hydrogens is 335 g/mol. The first kappa shape index (κ1) is 16.4. The van der Waals surface area contributed by atoms with E-state index in [0.29, 0.717) is 16.6 Å². The average Bonchev–Trinajstić information content (AvgIpc) is 2.34. The summed E-state index contributed by atoms with van der Waals surface area (Å²) in [5.74, 6) is -0.317. The number of hydrogen-bond acceptors (Lipinski definition) is 2. The summed E-state index contributed by atoms with van der Waals surface area (Å²) in [6.45, 7) is 1.36. The zero-order valence-corrected chi connectivity index (χ0v) is 12.8. The first-order chi connectivity index (χ1) is 8.56. The normalized spacial score (nSPS) is 18.9. The molecule has 1 aliphatic heterocycles. The van der Waals surface area contributed by atoms with Gasteiger partial charge in [-0.1, -0.05) is 6.07 Å². The van der Waals surface area contributed by atoms with Crippen LogP contribution in [0.3, 0.4) is 0 Å². The van der Waals surface area contributed by atoms with E-state index in [1.54, 1.807) is 17.0 Å². The first-order valence-electron chi connectivity index (χ1n) is 6.03. The van der Waals surface area contributed by atoms with Crippen molar-refractivity contribution in [1.82, 2.24) is 4.90 Å². The van der Waals surface area contributed by atoms with Gasteiger partial charge >= 0.3 is 0 Å². The molecule has 2 N–H and O–H groups in total. The van der Waals surface area contributed by atoms with E-state index in [0.717, 1.165) is 19.4 Å². The summed E-state index contributed by atoms with van der Waals surface area (Å²) < 4.78 is 13.8. The summed E-state index contributed by atoms with van der Waals surface area (Å²) in [6, 6.07) is 4.85. The molecule has 1 aliphatic rings. The van der Waals surface area contributed by atoms with Crippen LogP contribution < -0.4 is 5.73 Å². The molecule has 3 nitrogen and oxygen atoms in total. The highest BCUT2D eigenvalue weighted by molar-refractivity contribution is 9.10. The third kappa shape index (κ3) is 4.44. The molecule has 1 aromatic rings. The second-order valence-electron chi connectivity index (χ2n) is 4.67. The Morgan fingerprint density at radius 3 is 2.89 bits per heavy atom. The van der Waals surface area contributed by atoms with Gasteiger partial charge in [0.05, 0.1) is 10.9 Å². The number of piperidine rings is 1. The Morgan fingerprint density at radius 1 is 1.53 bits per heavy atom. The van der Waals surface area contributed by atoms with Crippen molar-refractivity contribution in [2.24, 2.45) is 5.73 Å². The molecule has 1 saturated heterocycles. The SMILES string of the molecule is Cl.N[C@H]1CCCN(C(=O)Cc2ccc(Br)c(F)c2)C1. The molecule has 0 radical (unpaired) electrons. The molecule has 0 bridgehead atoms. The fraction of sp³-hybridized carbons (Fsp3) is 0.462. The Bertz CT molecular complexity index is 458. The van der Waals surface area contributed by atoms with Crippen LogP contribution in [-0.2, 0) is 11.2 Å². The maximum Gasteiger partial charge on any atom is 0.227 e. The van der Waals surface area contributed by atoms with Gasteiger partial charge < -0.3 is 10.6 Å². The largest absolute Gasteiger partial charge is 0.341 e. The van der Waals surface area contributed by atoms with Gasteiger partial charge in [-0.2, -0.15) is 0 Å². The minimum Gasteiger partial charge on any atom is -0.341 e. The number of nitrogens with two attached hydrogens (primary N) is 1. The van der Waals surface area contributed by atoms with E-state index in [2.05, 4.69) is 15.9 Å². The molecule has 0 saturated carbocycles. The van der Waals surface area contributed by atoms with Crippen LogP contribution in [-0.4, -0.2) is 29.9 Å². The molecule has 0 aliphatic carbocycles. The highest BCUT2D eigenvalue weighted by atomic mass is 79.9. The van der Waals surface area contributed by atoms with Crippen molar-refractivity contribution in [2.75, 3.05) is 13.1 Å². The molecule has 1 heterocycles.